The van der Waals surface area contributed by atoms with Crippen molar-refractivity contribution < 1.29 is 20.1 Å². The van der Waals surface area contributed by atoms with Gasteiger partial charge in [0.05, 0.1) is 12.0 Å². The largest absolute Gasteiger partial charge is 0.394 e. The summed E-state index contributed by atoms with van der Waals surface area (Å²) < 4.78 is 6.95. The zero-order chi connectivity index (χ0) is 16.9. The number of aromatic nitrogens is 3. The first-order chi connectivity index (χ1) is 10.8. The van der Waals surface area contributed by atoms with E-state index in [2.05, 4.69) is 9.97 Å². The summed E-state index contributed by atoms with van der Waals surface area (Å²) in [6, 6.07) is 0. The second-order valence-corrected chi connectivity index (χ2v) is 5.45. The van der Waals surface area contributed by atoms with Gasteiger partial charge in [-0.1, -0.05) is 0 Å². The summed E-state index contributed by atoms with van der Waals surface area (Å²) in [5.74, 6) is 0.319. The van der Waals surface area contributed by atoms with Gasteiger partial charge in [0, 0.05) is 11.8 Å². The number of amidine groups is 1. The Balaban J connectivity index is 2.20. The number of nitrogens with zero attached hydrogens (tertiary/aromatic N) is 3. The van der Waals surface area contributed by atoms with Crippen LogP contribution in [0.3, 0.4) is 0 Å². The minimum atomic E-state index is -1.28. The molecule has 0 spiro atoms. The first kappa shape index (κ1) is 15.6. The SMILES string of the molecule is Cc1nc(N)c2c(C(=N)N)cn([C@@H]3O[C@H](CO)[C@@H](O)[C@H]3O)c2n1. The quantitative estimate of drug-likeness (QED) is 0.283. The molecule has 1 aliphatic rings. The molecule has 0 aromatic carbocycles. The van der Waals surface area contributed by atoms with Crippen molar-refractivity contribution in [2.24, 2.45) is 5.73 Å². The smallest absolute Gasteiger partial charge is 0.164 e. The van der Waals surface area contributed by atoms with E-state index in [9.17, 15) is 15.3 Å². The Morgan fingerprint density at radius 1 is 1.39 bits per heavy atom. The number of nitrogens with one attached hydrogen (secondary N) is 1. The lowest BCUT2D eigenvalue weighted by atomic mass is 10.1. The third-order valence-electron chi connectivity index (χ3n) is 3.89. The van der Waals surface area contributed by atoms with Crippen LogP contribution in [0.2, 0.25) is 0 Å². The minimum Gasteiger partial charge on any atom is -0.394 e. The number of hydrogen-bond acceptors (Lipinski definition) is 8. The topological polar surface area (TPSA) is 177 Å². The van der Waals surface area contributed by atoms with Crippen LogP contribution in [0.25, 0.3) is 11.0 Å². The van der Waals surface area contributed by atoms with E-state index in [0.717, 1.165) is 0 Å². The zero-order valence-electron chi connectivity index (χ0n) is 12.3. The molecule has 0 bridgehead atoms. The third-order valence-corrected chi connectivity index (χ3v) is 3.89. The summed E-state index contributed by atoms with van der Waals surface area (Å²) in [5, 5.41) is 37.4. The van der Waals surface area contributed by atoms with Gasteiger partial charge in [-0.05, 0) is 6.92 Å². The van der Waals surface area contributed by atoms with Crippen LogP contribution in [0.5, 0.6) is 0 Å². The van der Waals surface area contributed by atoms with Gasteiger partial charge in [-0.3, -0.25) is 5.41 Å². The van der Waals surface area contributed by atoms with Gasteiger partial charge in [0.25, 0.3) is 0 Å². The van der Waals surface area contributed by atoms with Gasteiger partial charge in [0.2, 0.25) is 0 Å². The summed E-state index contributed by atoms with van der Waals surface area (Å²) >= 11 is 0. The predicted octanol–water partition coefficient (Wildman–Crippen LogP) is -1.78. The summed E-state index contributed by atoms with van der Waals surface area (Å²) in [6.07, 6.45) is -2.97. The summed E-state index contributed by atoms with van der Waals surface area (Å²) in [4.78, 5) is 8.34. The van der Waals surface area contributed by atoms with Crippen molar-refractivity contribution >= 4 is 22.7 Å². The molecule has 0 saturated carbocycles. The number of hydrogen-bond donors (Lipinski definition) is 6. The average molecular weight is 322 g/mol. The number of rotatable bonds is 3. The van der Waals surface area contributed by atoms with Crippen molar-refractivity contribution in [2.75, 3.05) is 12.3 Å². The molecule has 0 aliphatic carbocycles. The maximum absolute atomic E-state index is 10.2. The van der Waals surface area contributed by atoms with E-state index in [0.29, 0.717) is 22.4 Å². The van der Waals surface area contributed by atoms with E-state index in [4.69, 9.17) is 21.6 Å². The second kappa shape index (κ2) is 5.42. The molecule has 3 heterocycles. The highest BCUT2D eigenvalue weighted by atomic mass is 16.6. The molecule has 10 nitrogen and oxygen atoms in total. The predicted molar refractivity (Wildman–Crippen MR) is 80.7 cm³/mol. The Labute approximate surface area is 130 Å². The lowest BCUT2D eigenvalue weighted by Gasteiger charge is -2.17. The minimum absolute atomic E-state index is 0.156. The summed E-state index contributed by atoms with van der Waals surface area (Å²) in [5.41, 5.74) is 12.1. The normalized spacial score (nSPS) is 27.7. The number of aliphatic hydroxyl groups excluding tert-OH is 3. The fraction of sp³-hybridized carbons (Fsp3) is 0.462. The molecular weight excluding hydrogens is 304 g/mol. The van der Waals surface area contributed by atoms with Gasteiger partial charge in [0.1, 0.15) is 41.4 Å². The number of aryl methyl sites for hydroxylation is 1. The van der Waals surface area contributed by atoms with Gasteiger partial charge in [-0.15, -0.1) is 0 Å². The number of ether oxygens (including phenoxy) is 1. The molecule has 1 saturated heterocycles. The van der Waals surface area contributed by atoms with Crippen molar-refractivity contribution in [3.8, 4) is 0 Å². The van der Waals surface area contributed by atoms with Crippen LogP contribution in [0.1, 0.15) is 17.6 Å². The van der Waals surface area contributed by atoms with Crippen LogP contribution in [0, 0.1) is 12.3 Å². The van der Waals surface area contributed by atoms with Crippen LogP contribution >= 0.6 is 0 Å². The molecule has 2 aromatic heterocycles. The van der Waals surface area contributed by atoms with Gasteiger partial charge < -0.3 is 36.1 Å². The molecular formula is C13H18N6O4. The van der Waals surface area contributed by atoms with Gasteiger partial charge in [-0.25, -0.2) is 9.97 Å². The number of aliphatic hydroxyl groups is 3. The highest BCUT2D eigenvalue weighted by molar-refractivity contribution is 6.10. The van der Waals surface area contributed by atoms with Crippen LogP contribution in [0.15, 0.2) is 6.20 Å². The van der Waals surface area contributed by atoms with Crippen molar-refractivity contribution in [1.82, 2.24) is 14.5 Å². The molecule has 4 atom stereocenters. The summed E-state index contributed by atoms with van der Waals surface area (Å²) in [7, 11) is 0. The number of anilines is 1. The Kier molecular flexibility index (Phi) is 3.68. The maximum Gasteiger partial charge on any atom is 0.164 e. The highest BCUT2D eigenvalue weighted by Gasteiger charge is 2.44. The lowest BCUT2D eigenvalue weighted by Crippen LogP contribution is -2.33. The number of nitrogen functional groups attached to an aromatic ring is 2. The maximum atomic E-state index is 10.2. The van der Waals surface area contributed by atoms with Gasteiger partial charge in [-0.2, -0.15) is 0 Å². The standard InChI is InChI=1S/C13H18N6O4/c1-4-17-11(16)7-5(10(14)15)2-19(12(7)18-4)13-9(22)8(21)6(3-20)23-13/h2,6,8-9,13,20-22H,3H2,1H3,(H3,14,15)(H2,16,17,18)/t6-,8-,9-,13-/m1/s1. The molecule has 0 unspecified atom stereocenters. The van der Waals surface area contributed by atoms with E-state index in [-0.39, 0.29) is 11.7 Å². The van der Waals surface area contributed by atoms with E-state index >= 15 is 0 Å². The molecule has 1 fully saturated rings. The number of fused-ring (bicyclic) bond motifs is 1. The zero-order valence-corrected chi connectivity index (χ0v) is 12.3. The molecule has 1 aliphatic heterocycles. The fourth-order valence-electron chi connectivity index (χ4n) is 2.80. The Hall–Kier alpha value is -2.27. The molecule has 3 rings (SSSR count). The molecule has 0 amide bonds. The van der Waals surface area contributed by atoms with Crippen molar-refractivity contribution in [1.29, 1.82) is 5.41 Å². The van der Waals surface area contributed by atoms with Gasteiger partial charge in [0.15, 0.2) is 6.23 Å². The Morgan fingerprint density at radius 2 is 2.09 bits per heavy atom. The lowest BCUT2D eigenvalue weighted by molar-refractivity contribution is -0.0508. The molecule has 23 heavy (non-hydrogen) atoms. The average Bonchev–Trinajstić information content (AvgIpc) is 2.99. The number of nitrogens with two attached hydrogens (primary N) is 2. The third kappa shape index (κ3) is 2.32. The molecule has 10 heteroatoms. The fourth-order valence-corrected chi connectivity index (χ4v) is 2.80. The van der Waals surface area contributed by atoms with Crippen LogP contribution < -0.4 is 11.5 Å². The van der Waals surface area contributed by atoms with E-state index < -0.39 is 31.1 Å². The van der Waals surface area contributed by atoms with Gasteiger partial charge >= 0.3 is 0 Å². The van der Waals surface area contributed by atoms with Crippen molar-refractivity contribution in [3.63, 3.8) is 0 Å². The first-order valence-corrected chi connectivity index (χ1v) is 6.96. The van der Waals surface area contributed by atoms with E-state index in [1.54, 1.807) is 6.92 Å². The molecule has 2 aromatic rings. The monoisotopic (exact) mass is 322 g/mol. The van der Waals surface area contributed by atoms with E-state index in [1.165, 1.54) is 10.8 Å². The summed E-state index contributed by atoms with van der Waals surface area (Å²) in [6.45, 7) is 1.21. The Morgan fingerprint density at radius 3 is 2.65 bits per heavy atom. The molecule has 0 radical (unpaired) electrons. The molecule has 8 N–H and O–H groups in total. The first-order valence-electron chi connectivity index (χ1n) is 6.96. The van der Waals surface area contributed by atoms with Crippen LogP contribution in [-0.2, 0) is 4.74 Å². The Bertz CT molecular complexity index is 775. The van der Waals surface area contributed by atoms with E-state index in [1.807, 2.05) is 0 Å². The van der Waals surface area contributed by atoms with Crippen LogP contribution in [-0.4, -0.2) is 60.6 Å². The van der Waals surface area contributed by atoms with Crippen molar-refractivity contribution in [2.45, 2.75) is 31.5 Å². The van der Waals surface area contributed by atoms with Crippen LogP contribution in [0.4, 0.5) is 5.82 Å². The molecule has 124 valence electrons. The highest BCUT2D eigenvalue weighted by Crippen LogP contribution is 2.34. The second-order valence-electron chi connectivity index (χ2n) is 5.45. The van der Waals surface area contributed by atoms with Crippen molar-refractivity contribution in [3.05, 3.63) is 17.6 Å².